The summed E-state index contributed by atoms with van der Waals surface area (Å²) in [5.74, 6) is 0. The van der Waals surface area contributed by atoms with E-state index in [9.17, 15) is 0 Å². The molecule has 8 heavy (non-hydrogen) atoms. The van der Waals surface area contributed by atoms with Gasteiger partial charge in [-0.3, -0.25) is 0 Å². The van der Waals surface area contributed by atoms with Gasteiger partial charge >= 0.3 is 0 Å². The molecule has 0 aliphatic rings. The SMILES string of the molecule is CC(O)CC/C=C/Br. The van der Waals surface area contributed by atoms with Crippen LogP contribution in [0.5, 0.6) is 0 Å². The molecular weight excluding hydrogens is 168 g/mol. The van der Waals surface area contributed by atoms with Gasteiger partial charge in [-0.25, -0.2) is 0 Å². The van der Waals surface area contributed by atoms with Crippen LogP contribution in [0.15, 0.2) is 11.1 Å². The molecule has 1 nitrogen and oxygen atoms in total. The van der Waals surface area contributed by atoms with Crippen molar-refractivity contribution in [2.45, 2.75) is 25.9 Å². The Bertz CT molecular complexity index is 68.9. The summed E-state index contributed by atoms with van der Waals surface area (Å²) in [5, 5.41) is 8.73. The largest absolute Gasteiger partial charge is 0.393 e. The van der Waals surface area contributed by atoms with E-state index in [4.69, 9.17) is 5.11 Å². The summed E-state index contributed by atoms with van der Waals surface area (Å²) < 4.78 is 0. The highest BCUT2D eigenvalue weighted by Gasteiger charge is 1.89. The molecule has 48 valence electrons. The van der Waals surface area contributed by atoms with Crippen molar-refractivity contribution >= 4 is 15.9 Å². The first-order chi connectivity index (χ1) is 3.77. The molecular formula is C6H11BrO. The van der Waals surface area contributed by atoms with Crippen molar-refractivity contribution in [3.05, 3.63) is 11.1 Å². The number of allylic oxidation sites excluding steroid dienone is 1. The van der Waals surface area contributed by atoms with E-state index < -0.39 is 0 Å². The predicted molar refractivity (Wildman–Crippen MR) is 39.0 cm³/mol. The third kappa shape index (κ3) is 6.18. The third-order valence-electron chi connectivity index (χ3n) is 0.840. The van der Waals surface area contributed by atoms with Crippen LogP contribution in [-0.2, 0) is 0 Å². The molecule has 0 saturated heterocycles. The Morgan fingerprint density at radius 2 is 2.38 bits per heavy atom. The van der Waals surface area contributed by atoms with Crippen molar-refractivity contribution in [1.82, 2.24) is 0 Å². The van der Waals surface area contributed by atoms with Crippen LogP contribution >= 0.6 is 15.9 Å². The van der Waals surface area contributed by atoms with Gasteiger partial charge < -0.3 is 5.11 Å². The lowest BCUT2D eigenvalue weighted by atomic mass is 10.2. The fourth-order valence-electron chi connectivity index (χ4n) is 0.400. The molecule has 2 heteroatoms. The van der Waals surface area contributed by atoms with Gasteiger partial charge in [0, 0.05) is 0 Å². The van der Waals surface area contributed by atoms with Crippen molar-refractivity contribution in [2.24, 2.45) is 0 Å². The molecule has 0 spiro atoms. The van der Waals surface area contributed by atoms with E-state index in [1.165, 1.54) is 0 Å². The lowest BCUT2D eigenvalue weighted by Crippen LogP contribution is -1.96. The monoisotopic (exact) mass is 178 g/mol. The quantitative estimate of drug-likeness (QED) is 0.702. The third-order valence-corrected chi connectivity index (χ3v) is 1.21. The first-order valence-electron chi connectivity index (χ1n) is 2.70. The molecule has 0 heterocycles. The second-order valence-electron chi connectivity index (χ2n) is 1.79. The van der Waals surface area contributed by atoms with Crippen LogP contribution < -0.4 is 0 Å². The van der Waals surface area contributed by atoms with E-state index in [2.05, 4.69) is 15.9 Å². The molecule has 0 saturated carbocycles. The van der Waals surface area contributed by atoms with E-state index in [0.717, 1.165) is 12.8 Å². The maximum absolute atomic E-state index is 8.73. The Kier molecular flexibility index (Phi) is 5.44. The average molecular weight is 179 g/mol. The number of aliphatic hydroxyl groups excluding tert-OH is 1. The second kappa shape index (κ2) is 5.32. The van der Waals surface area contributed by atoms with Crippen LogP contribution in [0.4, 0.5) is 0 Å². The minimum absolute atomic E-state index is 0.168. The smallest absolute Gasteiger partial charge is 0.0515 e. The van der Waals surface area contributed by atoms with Crippen molar-refractivity contribution in [1.29, 1.82) is 0 Å². The van der Waals surface area contributed by atoms with E-state index in [1.54, 1.807) is 6.92 Å². The average Bonchev–Trinajstić information content (AvgIpc) is 1.66. The topological polar surface area (TPSA) is 20.2 Å². The molecule has 0 amide bonds. The van der Waals surface area contributed by atoms with Crippen LogP contribution in [0.3, 0.4) is 0 Å². The van der Waals surface area contributed by atoms with Gasteiger partial charge in [0.15, 0.2) is 0 Å². The minimum Gasteiger partial charge on any atom is -0.393 e. The zero-order chi connectivity index (χ0) is 6.41. The molecule has 0 aromatic heterocycles. The molecule has 0 aromatic rings. The van der Waals surface area contributed by atoms with E-state index in [1.807, 2.05) is 11.1 Å². The normalized spacial score (nSPS) is 14.9. The molecule has 1 unspecified atom stereocenters. The molecule has 1 atom stereocenters. The number of aliphatic hydroxyl groups is 1. The summed E-state index contributed by atoms with van der Waals surface area (Å²) >= 11 is 3.14. The maximum atomic E-state index is 8.73. The Labute approximate surface area is 58.5 Å². The summed E-state index contributed by atoms with van der Waals surface area (Å²) in [6, 6.07) is 0. The van der Waals surface area contributed by atoms with Gasteiger partial charge in [0.2, 0.25) is 0 Å². The van der Waals surface area contributed by atoms with Gasteiger partial charge in [-0.15, -0.1) is 0 Å². The lowest BCUT2D eigenvalue weighted by molar-refractivity contribution is 0.186. The van der Waals surface area contributed by atoms with Crippen LogP contribution in [-0.4, -0.2) is 11.2 Å². The zero-order valence-corrected chi connectivity index (χ0v) is 6.56. The van der Waals surface area contributed by atoms with Crippen molar-refractivity contribution in [3.8, 4) is 0 Å². The Hall–Kier alpha value is 0.180. The molecule has 0 fully saturated rings. The number of halogens is 1. The Morgan fingerprint density at radius 3 is 2.75 bits per heavy atom. The Balaban J connectivity index is 2.93. The number of hydrogen-bond acceptors (Lipinski definition) is 1. The van der Waals surface area contributed by atoms with E-state index >= 15 is 0 Å². The molecule has 0 aliphatic carbocycles. The summed E-state index contributed by atoms with van der Waals surface area (Å²) in [7, 11) is 0. The highest BCUT2D eigenvalue weighted by atomic mass is 79.9. The van der Waals surface area contributed by atoms with Crippen LogP contribution in [0.2, 0.25) is 0 Å². The molecule has 0 bridgehead atoms. The molecule has 0 aromatic carbocycles. The molecule has 0 rings (SSSR count). The summed E-state index contributed by atoms with van der Waals surface area (Å²) in [6.45, 7) is 1.79. The minimum atomic E-state index is -0.168. The van der Waals surface area contributed by atoms with Gasteiger partial charge in [0.25, 0.3) is 0 Å². The summed E-state index contributed by atoms with van der Waals surface area (Å²) in [4.78, 5) is 1.81. The van der Waals surface area contributed by atoms with Crippen molar-refractivity contribution < 1.29 is 5.11 Å². The standard InChI is InChI=1S/C6H11BrO/c1-6(8)4-2-3-5-7/h3,5-6,8H,2,4H2,1H3/b5-3+. The summed E-state index contributed by atoms with van der Waals surface area (Å²) in [6.07, 6.45) is 3.61. The van der Waals surface area contributed by atoms with E-state index in [-0.39, 0.29) is 6.10 Å². The van der Waals surface area contributed by atoms with Crippen LogP contribution in [0.25, 0.3) is 0 Å². The van der Waals surface area contributed by atoms with Gasteiger partial charge in [-0.05, 0) is 24.8 Å². The molecule has 0 aliphatic heterocycles. The van der Waals surface area contributed by atoms with Gasteiger partial charge in [0.05, 0.1) is 6.10 Å². The fraction of sp³-hybridized carbons (Fsp3) is 0.667. The zero-order valence-electron chi connectivity index (χ0n) is 4.97. The molecule has 0 radical (unpaired) electrons. The van der Waals surface area contributed by atoms with Crippen molar-refractivity contribution in [2.75, 3.05) is 0 Å². The van der Waals surface area contributed by atoms with Gasteiger partial charge in [-0.1, -0.05) is 22.0 Å². The fourth-order valence-corrected chi connectivity index (χ4v) is 0.665. The van der Waals surface area contributed by atoms with Crippen molar-refractivity contribution in [3.63, 3.8) is 0 Å². The molecule has 1 N–H and O–H groups in total. The maximum Gasteiger partial charge on any atom is 0.0515 e. The van der Waals surface area contributed by atoms with Crippen LogP contribution in [0.1, 0.15) is 19.8 Å². The van der Waals surface area contributed by atoms with E-state index in [0.29, 0.717) is 0 Å². The van der Waals surface area contributed by atoms with Gasteiger partial charge in [0.1, 0.15) is 0 Å². The van der Waals surface area contributed by atoms with Crippen LogP contribution in [0, 0.1) is 0 Å². The summed E-state index contributed by atoms with van der Waals surface area (Å²) in [5.41, 5.74) is 0. The lowest BCUT2D eigenvalue weighted by Gasteiger charge is -1.96. The first-order valence-corrected chi connectivity index (χ1v) is 3.62. The Morgan fingerprint density at radius 1 is 1.75 bits per heavy atom. The highest BCUT2D eigenvalue weighted by molar-refractivity contribution is 9.11. The number of hydrogen-bond donors (Lipinski definition) is 1. The highest BCUT2D eigenvalue weighted by Crippen LogP contribution is 1.97. The first kappa shape index (κ1) is 8.18. The van der Waals surface area contributed by atoms with Gasteiger partial charge in [-0.2, -0.15) is 0 Å². The second-order valence-corrected chi connectivity index (χ2v) is 2.32. The predicted octanol–water partition coefficient (Wildman–Crippen LogP) is 2.06. The number of rotatable bonds is 3.